The van der Waals surface area contributed by atoms with E-state index >= 15 is 0 Å². The minimum Gasteiger partial charge on any atom is -0.342 e. The summed E-state index contributed by atoms with van der Waals surface area (Å²) in [7, 11) is 0. The second-order valence-corrected chi connectivity index (χ2v) is 11.1. The lowest BCUT2D eigenvalue weighted by Crippen LogP contribution is -2.36. The zero-order chi connectivity index (χ0) is 27.8. The van der Waals surface area contributed by atoms with Crippen LogP contribution in [-0.2, 0) is 16.1 Å². The van der Waals surface area contributed by atoms with Crippen molar-refractivity contribution in [3.63, 3.8) is 0 Å². The van der Waals surface area contributed by atoms with Gasteiger partial charge in [0, 0.05) is 50.3 Å². The number of anilines is 1. The van der Waals surface area contributed by atoms with E-state index in [1.807, 2.05) is 77.5 Å². The van der Waals surface area contributed by atoms with E-state index in [1.165, 1.54) is 0 Å². The maximum atomic E-state index is 13.2. The first-order chi connectivity index (χ1) is 19.4. The minimum atomic E-state index is -0.499. The van der Waals surface area contributed by atoms with Crippen molar-refractivity contribution in [2.45, 2.75) is 6.54 Å². The van der Waals surface area contributed by atoms with Crippen molar-refractivity contribution >= 4 is 85.5 Å². The number of para-hydroxylation sites is 1. The Kier molecular flexibility index (Phi) is 7.11. The molecule has 4 aromatic carbocycles. The van der Waals surface area contributed by atoms with Crippen LogP contribution in [0.5, 0.6) is 0 Å². The molecule has 0 spiro atoms. The van der Waals surface area contributed by atoms with E-state index in [0.29, 0.717) is 22.3 Å². The van der Waals surface area contributed by atoms with Crippen molar-refractivity contribution < 1.29 is 14.4 Å². The molecule has 0 atom stereocenters. The van der Waals surface area contributed by atoms with Crippen molar-refractivity contribution in [1.29, 1.82) is 0 Å². The van der Waals surface area contributed by atoms with Gasteiger partial charge in [-0.25, -0.2) is 0 Å². The highest BCUT2D eigenvalue weighted by molar-refractivity contribution is 8.18. The topological polar surface area (TPSA) is 71.4 Å². The highest BCUT2D eigenvalue weighted by Crippen LogP contribution is 2.35. The number of amides is 3. The minimum absolute atomic E-state index is 0.260. The van der Waals surface area contributed by atoms with Gasteiger partial charge in [-0.1, -0.05) is 83.9 Å². The Morgan fingerprint density at radius 3 is 2.48 bits per heavy atom. The average Bonchev–Trinajstić information content (AvgIpc) is 3.42. The van der Waals surface area contributed by atoms with Gasteiger partial charge in [-0.05, 0) is 53.1 Å². The van der Waals surface area contributed by atoms with Gasteiger partial charge in [0.15, 0.2) is 0 Å². The molecule has 1 fully saturated rings. The molecule has 3 amide bonds. The van der Waals surface area contributed by atoms with Crippen LogP contribution in [0.15, 0.2) is 96.0 Å². The highest BCUT2D eigenvalue weighted by Gasteiger charge is 2.36. The molecule has 0 unspecified atom stereocenters. The van der Waals surface area contributed by atoms with Crippen LogP contribution in [0.3, 0.4) is 0 Å². The van der Waals surface area contributed by atoms with Gasteiger partial charge in [0.1, 0.15) is 6.54 Å². The van der Waals surface area contributed by atoms with Gasteiger partial charge in [-0.15, -0.1) is 0 Å². The van der Waals surface area contributed by atoms with Crippen LogP contribution >= 0.6 is 35.0 Å². The predicted molar refractivity (Wildman–Crippen MR) is 163 cm³/mol. The largest absolute Gasteiger partial charge is 0.342 e. The summed E-state index contributed by atoms with van der Waals surface area (Å²) in [5, 5.41) is 6.26. The van der Waals surface area contributed by atoms with E-state index in [-0.39, 0.29) is 11.4 Å². The molecule has 9 heteroatoms. The number of carbonyl (C=O) groups excluding carboxylic acids is 3. The molecule has 40 heavy (non-hydrogen) atoms. The monoisotopic (exact) mass is 585 g/mol. The van der Waals surface area contributed by atoms with Crippen molar-refractivity contribution in [1.82, 2.24) is 9.47 Å². The lowest BCUT2D eigenvalue weighted by Gasteiger charge is -2.13. The number of aromatic nitrogens is 1. The van der Waals surface area contributed by atoms with Gasteiger partial charge in [0.05, 0.1) is 4.91 Å². The number of hydrogen-bond acceptors (Lipinski definition) is 4. The van der Waals surface area contributed by atoms with Crippen LogP contribution in [0, 0.1) is 0 Å². The van der Waals surface area contributed by atoms with Gasteiger partial charge < -0.3 is 9.88 Å². The Morgan fingerprint density at radius 2 is 1.65 bits per heavy atom. The van der Waals surface area contributed by atoms with Gasteiger partial charge in [0.25, 0.3) is 11.1 Å². The first-order valence-electron chi connectivity index (χ1n) is 12.4. The maximum absolute atomic E-state index is 13.2. The Bertz CT molecular complexity index is 1860. The number of hydrogen-bond donors (Lipinski definition) is 1. The number of imide groups is 1. The summed E-state index contributed by atoms with van der Waals surface area (Å²) in [6.45, 7) is 0.127. The molecule has 5 aromatic rings. The summed E-state index contributed by atoms with van der Waals surface area (Å²) in [4.78, 5) is 40.1. The summed E-state index contributed by atoms with van der Waals surface area (Å²) in [6, 6.07) is 26.4. The van der Waals surface area contributed by atoms with Gasteiger partial charge in [-0.2, -0.15) is 0 Å². The molecule has 0 saturated carbocycles. The Hall–Kier alpha value is -4.04. The molecule has 1 aliphatic heterocycles. The normalized spacial score (nSPS) is 14.6. The van der Waals surface area contributed by atoms with Crippen molar-refractivity contribution in [2.24, 2.45) is 0 Å². The van der Waals surface area contributed by atoms with E-state index in [9.17, 15) is 14.4 Å². The molecule has 0 bridgehead atoms. The SMILES string of the molecule is O=C(CN1C(=O)S/C(=C/c2cn(Cc3ccc(Cl)cc3Cl)c3ccccc23)C1=O)Nc1cccc2ccccc12. The third kappa shape index (κ3) is 5.11. The molecule has 1 aliphatic rings. The number of thioether (sulfide) groups is 1. The highest BCUT2D eigenvalue weighted by atomic mass is 35.5. The quantitative estimate of drug-likeness (QED) is 0.206. The molecule has 198 valence electrons. The van der Waals surface area contributed by atoms with Gasteiger partial charge >= 0.3 is 0 Å². The maximum Gasteiger partial charge on any atom is 0.294 e. The first-order valence-corrected chi connectivity index (χ1v) is 14.0. The standard InChI is InChI=1S/C31H21Cl2N3O3S/c32-22-13-12-20(25(33)15-22)16-35-17-21(24-9-3-4-11-27(24)35)14-28-30(38)36(31(39)40-28)18-29(37)34-26-10-5-7-19-6-1-2-8-23(19)26/h1-15,17H,16,18H2,(H,34,37)/b28-14+. The van der Waals surface area contributed by atoms with Crippen LogP contribution < -0.4 is 5.32 Å². The number of fused-ring (bicyclic) bond motifs is 2. The van der Waals surface area contributed by atoms with Crippen molar-refractivity contribution in [3.05, 3.63) is 117 Å². The number of nitrogens with zero attached hydrogens (tertiary/aromatic N) is 2. The molecule has 0 aliphatic carbocycles. The zero-order valence-electron chi connectivity index (χ0n) is 20.9. The molecule has 0 radical (unpaired) electrons. The summed E-state index contributed by atoms with van der Waals surface area (Å²) in [6.07, 6.45) is 3.63. The fourth-order valence-electron chi connectivity index (χ4n) is 4.80. The Labute approximate surface area is 244 Å². The fourth-order valence-corrected chi connectivity index (χ4v) is 6.10. The zero-order valence-corrected chi connectivity index (χ0v) is 23.3. The van der Waals surface area contributed by atoms with Crippen LogP contribution in [0.25, 0.3) is 27.8 Å². The van der Waals surface area contributed by atoms with Crippen LogP contribution in [-0.4, -0.2) is 33.1 Å². The van der Waals surface area contributed by atoms with E-state index in [0.717, 1.165) is 49.5 Å². The number of rotatable bonds is 6. The molecule has 1 aromatic heterocycles. The Balaban J connectivity index is 1.24. The third-order valence-corrected chi connectivity index (χ3v) is 8.20. The summed E-state index contributed by atoms with van der Waals surface area (Å²) >= 11 is 13.3. The number of benzene rings is 4. The number of carbonyl (C=O) groups is 3. The van der Waals surface area contributed by atoms with Gasteiger partial charge in [-0.3, -0.25) is 19.3 Å². The second kappa shape index (κ2) is 10.8. The first kappa shape index (κ1) is 26.2. The van der Waals surface area contributed by atoms with E-state index < -0.39 is 17.1 Å². The fraction of sp³-hybridized carbons (Fsp3) is 0.0645. The third-order valence-electron chi connectivity index (χ3n) is 6.70. The Morgan fingerprint density at radius 1 is 0.900 bits per heavy atom. The predicted octanol–water partition coefficient (Wildman–Crippen LogP) is 7.82. The number of nitrogens with one attached hydrogen (secondary N) is 1. The smallest absolute Gasteiger partial charge is 0.294 e. The molecule has 2 heterocycles. The molecular weight excluding hydrogens is 565 g/mol. The summed E-state index contributed by atoms with van der Waals surface area (Å²) < 4.78 is 2.04. The number of halogens is 2. The summed E-state index contributed by atoms with van der Waals surface area (Å²) in [5.74, 6) is -0.947. The summed E-state index contributed by atoms with van der Waals surface area (Å²) in [5.41, 5.74) is 3.26. The molecular formula is C31H21Cl2N3O3S. The van der Waals surface area contributed by atoms with Crippen molar-refractivity contribution in [2.75, 3.05) is 11.9 Å². The molecule has 1 saturated heterocycles. The lowest BCUT2D eigenvalue weighted by atomic mass is 10.1. The average molecular weight is 587 g/mol. The van der Waals surface area contributed by atoms with E-state index in [1.54, 1.807) is 24.3 Å². The van der Waals surface area contributed by atoms with Crippen LogP contribution in [0.1, 0.15) is 11.1 Å². The van der Waals surface area contributed by atoms with E-state index in [2.05, 4.69) is 5.32 Å². The van der Waals surface area contributed by atoms with Crippen LogP contribution in [0.2, 0.25) is 10.0 Å². The van der Waals surface area contributed by atoms with Gasteiger partial charge in [0.2, 0.25) is 5.91 Å². The van der Waals surface area contributed by atoms with Crippen LogP contribution in [0.4, 0.5) is 10.5 Å². The lowest BCUT2D eigenvalue weighted by molar-refractivity contribution is -0.127. The second-order valence-electron chi connectivity index (χ2n) is 9.31. The van der Waals surface area contributed by atoms with Crippen molar-refractivity contribution in [3.8, 4) is 0 Å². The molecule has 6 nitrogen and oxygen atoms in total. The van der Waals surface area contributed by atoms with E-state index in [4.69, 9.17) is 23.2 Å². The molecule has 6 rings (SSSR count). The molecule has 1 N–H and O–H groups in total.